The van der Waals surface area contributed by atoms with Crippen LogP contribution in [0.3, 0.4) is 0 Å². The number of piperazine rings is 2. The summed E-state index contributed by atoms with van der Waals surface area (Å²) in [6.07, 6.45) is 0. The van der Waals surface area contributed by atoms with Crippen molar-refractivity contribution in [3.8, 4) is 0 Å². The Morgan fingerprint density at radius 1 is 1.10 bits per heavy atom. The predicted octanol–water partition coefficient (Wildman–Crippen LogP) is 0.822. The number of anilines is 1. The van der Waals surface area contributed by atoms with Crippen molar-refractivity contribution in [3.05, 3.63) is 33.4 Å². The van der Waals surface area contributed by atoms with Gasteiger partial charge in [-0.15, -0.1) is 0 Å². The van der Waals surface area contributed by atoms with E-state index in [1.165, 1.54) is 5.69 Å². The summed E-state index contributed by atoms with van der Waals surface area (Å²) in [4.78, 5) is 16.2. The number of hydrogen-bond acceptors (Lipinski definition) is 7. The van der Waals surface area contributed by atoms with Gasteiger partial charge in [-0.2, -0.15) is 5.01 Å². The standard InChI is InChI=1S/C21H35N6O3/c1-18-15-20(26(28)29)16-19(21(18)24-9-7-23(2)8-10-24)17-27(11-13-30-14-12-27)25-5-3-22-4-6-25/h15-16,22H,3-14,17H2,1-2H3/q+1. The van der Waals surface area contributed by atoms with E-state index in [4.69, 9.17) is 4.74 Å². The van der Waals surface area contributed by atoms with Gasteiger partial charge in [0.1, 0.15) is 19.6 Å². The molecule has 0 amide bonds. The molecule has 3 saturated heterocycles. The highest BCUT2D eigenvalue weighted by atomic mass is 16.6. The summed E-state index contributed by atoms with van der Waals surface area (Å²) in [6, 6.07) is 3.57. The summed E-state index contributed by atoms with van der Waals surface area (Å²) in [7, 11) is 2.15. The van der Waals surface area contributed by atoms with Gasteiger partial charge in [-0.05, 0) is 19.5 Å². The van der Waals surface area contributed by atoms with Crippen LogP contribution in [-0.2, 0) is 11.3 Å². The van der Waals surface area contributed by atoms with Crippen LogP contribution >= 0.6 is 0 Å². The van der Waals surface area contributed by atoms with Gasteiger partial charge in [0.2, 0.25) is 0 Å². The second kappa shape index (κ2) is 9.15. The molecule has 1 aromatic rings. The van der Waals surface area contributed by atoms with E-state index < -0.39 is 0 Å². The maximum atomic E-state index is 11.7. The highest BCUT2D eigenvalue weighted by molar-refractivity contribution is 5.63. The molecule has 3 aliphatic rings. The van der Waals surface area contributed by atoms with E-state index >= 15 is 0 Å². The Morgan fingerprint density at radius 3 is 2.40 bits per heavy atom. The monoisotopic (exact) mass is 419 g/mol. The Kier molecular flexibility index (Phi) is 6.54. The number of non-ortho nitro benzene ring substituents is 1. The Labute approximate surface area is 178 Å². The third kappa shape index (κ3) is 4.45. The van der Waals surface area contributed by atoms with E-state index in [0.29, 0.717) is 0 Å². The number of morpholine rings is 1. The third-order valence-electron chi connectivity index (χ3n) is 6.86. The van der Waals surface area contributed by atoms with Crippen LogP contribution in [0.5, 0.6) is 0 Å². The summed E-state index contributed by atoms with van der Waals surface area (Å²) in [5.41, 5.74) is 3.52. The quantitative estimate of drug-likeness (QED) is 0.430. The number of likely N-dealkylation sites (N-methyl/N-ethyl adjacent to an activating group) is 1. The van der Waals surface area contributed by atoms with E-state index in [9.17, 15) is 10.1 Å². The van der Waals surface area contributed by atoms with Crippen LogP contribution in [0.1, 0.15) is 11.1 Å². The highest BCUT2D eigenvalue weighted by Gasteiger charge is 2.40. The van der Waals surface area contributed by atoms with Crippen LogP contribution in [0.4, 0.5) is 11.4 Å². The molecular formula is C21H35N6O3+. The highest BCUT2D eigenvalue weighted by Crippen LogP contribution is 2.34. The zero-order chi connectivity index (χ0) is 21.1. The third-order valence-corrected chi connectivity index (χ3v) is 6.86. The zero-order valence-corrected chi connectivity index (χ0v) is 18.3. The van der Waals surface area contributed by atoms with Gasteiger partial charge in [-0.25, -0.2) is 4.59 Å². The summed E-state index contributed by atoms with van der Waals surface area (Å²) in [5, 5.41) is 17.7. The van der Waals surface area contributed by atoms with Crippen LogP contribution in [-0.4, -0.2) is 105 Å². The van der Waals surface area contributed by atoms with Crippen LogP contribution < -0.4 is 10.2 Å². The van der Waals surface area contributed by atoms with Crippen molar-refractivity contribution in [2.24, 2.45) is 0 Å². The second-order valence-corrected chi connectivity index (χ2v) is 8.83. The summed E-state index contributed by atoms with van der Waals surface area (Å²) in [6.45, 7) is 14.0. The summed E-state index contributed by atoms with van der Waals surface area (Å²) in [5.74, 6) is 0. The number of quaternary nitrogens is 1. The minimum absolute atomic E-state index is 0.201. The average molecular weight is 420 g/mol. The zero-order valence-electron chi connectivity index (χ0n) is 18.3. The number of hydrogen-bond donors (Lipinski definition) is 1. The molecule has 3 fully saturated rings. The Balaban J connectivity index is 1.71. The lowest BCUT2D eigenvalue weighted by molar-refractivity contribution is -1.05. The number of benzene rings is 1. The molecule has 9 nitrogen and oxygen atoms in total. The van der Waals surface area contributed by atoms with Gasteiger partial charge >= 0.3 is 0 Å². The van der Waals surface area contributed by atoms with Crippen molar-refractivity contribution in [1.29, 1.82) is 0 Å². The average Bonchev–Trinajstić information content (AvgIpc) is 2.76. The Morgan fingerprint density at radius 2 is 1.77 bits per heavy atom. The molecule has 30 heavy (non-hydrogen) atoms. The van der Waals surface area contributed by atoms with Crippen molar-refractivity contribution < 1.29 is 14.3 Å². The molecule has 0 saturated carbocycles. The molecule has 1 aromatic carbocycles. The maximum Gasteiger partial charge on any atom is 0.270 e. The lowest BCUT2D eigenvalue weighted by atomic mass is 10.0. The molecule has 0 atom stereocenters. The molecule has 1 N–H and O–H groups in total. The lowest BCUT2D eigenvalue weighted by Gasteiger charge is -2.49. The maximum absolute atomic E-state index is 11.7. The molecular weight excluding hydrogens is 384 g/mol. The van der Waals surface area contributed by atoms with Crippen LogP contribution in [0.2, 0.25) is 0 Å². The fourth-order valence-electron chi connectivity index (χ4n) is 5.16. The number of nitrogens with zero attached hydrogens (tertiary/aromatic N) is 5. The fourth-order valence-corrected chi connectivity index (χ4v) is 5.16. The Hall–Kier alpha value is -1.78. The first-order valence-electron chi connectivity index (χ1n) is 11.1. The molecule has 0 radical (unpaired) electrons. The first kappa shape index (κ1) is 21.5. The van der Waals surface area contributed by atoms with E-state index in [1.54, 1.807) is 6.07 Å². The van der Waals surface area contributed by atoms with Gasteiger partial charge < -0.3 is 19.9 Å². The van der Waals surface area contributed by atoms with Gasteiger partial charge in [0.25, 0.3) is 5.69 Å². The van der Waals surface area contributed by atoms with E-state index in [2.05, 4.69) is 27.2 Å². The fraction of sp³-hybridized carbons (Fsp3) is 0.714. The summed E-state index contributed by atoms with van der Waals surface area (Å²) >= 11 is 0. The van der Waals surface area contributed by atoms with Crippen molar-refractivity contribution >= 4 is 11.4 Å². The van der Waals surface area contributed by atoms with Gasteiger partial charge in [0.15, 0.2) is 0 Å². The van der Waals surface area contributed by atoms with Gasteiger partial charge in [-0.3, -0.25) is 10.1 Å². The number of rotatable bonds is 5. The normalized spacial score (nSPS) is 23.5. The number of nitrogens with one attached hydrogen (secondary N) is 1. The van der Waals surface area contributed by atoms with Crippen molar-refractivity contribution in [3.63, 3.8) is 0 Å². The van der Waals surface area contributed by atoms with Gasteiger partial charge in [0, 0.05) is 62.7 Å². The van der Waals surface area contributed by atoms with Crippen LogP contribution in [0.25, 0.3) is 0 Å². The number of nitro benzene ring substituents is 1. The second-order valence-electron chi connectivity index (χ2n) is 8.83. The molecule has 0 bridgehead atoms. The minimum Gasteiger partial charge on any atom is -0.370 e. The van der Waals surface area contributed by atoms with Crippen molar-refractivity contribution in [1.82, 2.24) is 15.2 Å². The molecule has 3 aliphatic heterocycles. The first-order valence-corrected chi connectivity index (χ1v) is 11.1. The molecule has 0 aliphatic carbocycles. The lowest BCUT2D eigenvalue weighted by Crippen LogP contribution is -2.67. The van der Waals surface area contributed by atoms with Crippen LogP contribution in [0, 0.1) is 17.0 Å². The molecule has 0 unspecified atom stereocenters. The SMILES string of the molecule is Cc1cc([N+](=O)[O-])cc(C[N+]2(N3CCNCC3)CCOCC2)c1N1CCN(C)CC1. The van der Waals surface area contributed by atoms with Crippen molar-refractivity contribution in [2.75, 3.05) is 90.6 Å². The van der Waals surface area contributed by atoms with Crippen molar-refractivity contribution in [2.45, 2.75) is 13.5 Å². The van der Waals surface area contributed by atoms with Gasteiger partial charge in [-0.1, -0.05) is 0 Å². The molecule has 9 heteroatoms. The topological polar surface area (TPSA) is 74.1 Å². The van der Waals surface area contributed by atoms with E-state index in [-0.39, 0.29) is 10.6 Å². The minimum atomic E-state index is -0.251. The number of aryl methyl sites for hydroxylation is 1. The Bertz CT molecular complexity index is 753. The number of nitro groups is 1. The predicted molar refractivity (Wildman–Crippen MR) is 117 cm³/mol. The molecule has 0 aromatic heterocycles. The summed E-state index contributed by atoms with van der Waals surface area (Å²) < 4.78 is 6.55. The molecule has 166 valence electrons. The largest absolute Gasteiger partial charge is 0.370 e. The number of ether oxygens (including phenoxy) is 1. The first-order chi connectivity index (χ1) is 14.5. The van der Waals surface area contributed by atoms with E-state index in [0.717, 1.165) is 101 Å². The van der Waals surface area contributed by atoms with E-state index in [1.807, 2.05) is 13.0 Å². The smallest absolute Gasteiger partial charge is 0.270 e. The molecule has 4 rings (SSSR count). The van der Waals surface area contributed by atoms with Gasteiger partial charge in [0.05, 0.1) is 31.2 Å². The molecule has 3 heterocycles. The molecule has 0 spiro atoms. The van der Waals surface area contributed by atoms with Crippen LogP contribution in [0.15, 0.2) is 12.1 Å².